The molecule has 0 radical (unpaired) electrons. The molecule has 1 aromatic carbocycles. The number of benzene rings is 1. The predicted octanol–water partition coefficient (Wildman–Crippen LogP) is 0.756. The Balaban J connectivity index is 2.26. The molecule has 0 saturated carbocycles. The smallest absolute Gasteiger partial charge is 0.337 e. The summed E-state index contributed by atoms with van der Waals surface area (Å²) in [6, 6.07) is 5.74. The number of nitrogens with one attached hydrogen (secondary N) is 1. The van der Waals surface area contributed by atoms with Crippen LogP contribution in [0.3, 0.4) is 0 Å². The van der Waals surface area contributed by atoms with Crippen LogP contribution in [0.2, 0.25) is 0 Å². The quantitative estimate of drug-likeness (QED) is 0.857. The van der Waals surface area contributed by atoms with Crippen LogP contribution in [0.5, 0.6) is 0 Å². The second kappa shape index (κ2) is 5.51. The van der Waals surface area contributed by atoms with Gasteiger partial charge in [0, 0.05) is 18.6 Å². The van der Waals surface area contributed by atoms with Crippen LogP contribution in [-0.4, -0.2) is 50.1 Å². The number of likely N-dealkylation sites (tertiary alicyclic amines) is 1. The van der Waals surface area contributed by atoms with Crippen LogP contribution in [0.1, 0.15) is 23.7 Å². The molecule has 110 valence electrons. The third-order valence-electron chi connectivity index (χ3n) is 3.62. The number of carbonyl (C=O) groups is 1. The summed E-state index contributed by atoms with van der Waals surface area (Å²) in [5.74, 6) is -1.25. The molecule has 2 N–H and O–H groups in total. The second-order valence-corrected chi connectivity index (χ2v) is 6.83. The lowest BCUT2D eigenvalue weighted by atomic mass is 10.2. The fourth-order valence-electron chi connectivity index (χ4n) is 2.44. The molecule has 2 atom stereocenters. The van der Waals surface area contributed by atoms with Crippen molar-refractivity contribution >= 4 is 16.0 Å². The average Bonchev–Trinajstić information content (AvgIpc) is 2.67. The van der Waals surface area contributed by atoms with E-state index in [0.717, 1.165) is 0 Å². The van der Waals surface area contributed by atoms with E-state index in [1.807, 2.05) is 14.0 Å². The van der Waals surface area contributed by atoms with Crippen molar-refractivity contribution in [3.63, 3.8) is 0 Å². The normalized spacial score (nSPS) is 23.9. The van der Waals surface area contributed by atoms with Gasteiger partial charge in [0.05, 0.1) is 10.5 Å². The van der Waals surface area contributed by atoms with Crippen LogP contribution in [0.4, 0.5) is 0 Å². The lowest BCUT2D eigenvalue weighted by Crippen LogP contribution is -2.37. The Morgan fingerprint density at radius 1 is 1.40 bits per heavy atom. The Hall–Kier alpha value is -1.44. The summed E-state index contributed by atoms with van der Waals surface area (Å²) in [6.45, 7) is 2.65. The van der Waals surface area contributed by atoms with Crippen LogP contribution in [0.15, 0.2) is 29.2 Å². The molecule has 1 heterocycles. The minimum absolute atomic E-state index is 0.185. The van der Waals surface area contributed by atoms with Crippen molar-refractivity contribution in [2.45, 2.75) is 30.3 Å². The molecule has 0 aromatic heterocycles. The molecule has 0 bridgehead atoms. The van der Waals surface area contributed by atoms with Gasteiger partial charge < -0.3 is 10.0 Å². The molecular formula is C13H18N2O4S. The minimum Gasteiger partial charge on any atom is -0.478 e. The first-order valence-corrected chi connectivity index (χ1v) is 7.84. The highest BCUT2D eigenvalue weighted by molar-refractivity contribution is 7.89. The highest BCUT2D eigenvalue weighted by atomic mass is 32.2. The Labute approximate surface area is 118 Å². The van der Waals surface area contributed by atoms with Crippen LogP contribution < -0.4 is 4.72 Å². The van der Waals surface area contributed by atoms with Crippen LogP contribution in [0, 0.1) is 0 Å². The lowest BCUT2D eigenvalue weighted by molar-refractivity contribution is 0.0692. The van der Waals surface area contributed by atoms with E-state index in [9.17, 15) is 13.2 Å². The molecule has 1 aliphatic heterocycles. The van der Waals surface area contributed by atoms with Gasteiger partial charge in [-0.2, -0.15) is 0 Å². The highest BCUT2D eigenvalue weighted by Gasteiger charge is 2.31. The number of hydrogen-bond acceptors (Lipinski definition) is 4. The van der Waals surface area contributed by atoms with Crippen molar-refractivity contribution in [2.24, 2.45) is 0 Å². The third kappa shape index (κ3) is 3.00. The maximum atomic E-state index is 12.3. The molecular weight excluding hydrogens is 280 g/mol. The summed E-state index contributed by atoms with van der Waals surface area (Å²) in [5, 5.41) is 9.07. The third-order valence-corrected chi connectivity index (χ3v) is 5.19. The fourth-order valence-corrected chi connectivity index (χ4v) is 3.88. The summed E-state index contributed by atoms with van der Waals surface area (Å²) in [5.41, 5.74) is -0.209. The molecule has 20 heavy (non-hydrogen) atoms. The van der Waals surface area contributed by atoms with Crippen LogP contribution in [0.25, 0.3) is 0 Å². The summed E-state index contributed by atoms with van der Waals surface area (Å²) >= 11 is 0. The summed E-state index contributed by atoms with van der Waals surface area (Å²) in [6.07, 6.45) is 0.713. The average molecular weight is 298 g/mol. The van der Waals surface area contributed by atoms with Gasteiger partial charge in [0.1, 0.15) is 0 Å². The largest absolute Gasteiger partial charge is 0.478 e. The molecule has 0 unspecified atom stereocenters. The van der Waals surface area contributed by atoms with E-state index in [1.54, 1.807) is 0 Å². The predicted molar refractivity (Wildman–Crippen MR) is 74.2 cm³/mol. The number of hydrogen-bond donors (Lipinski definition) is 2. The Kier molecular flexibility index (Phi) is 4.12. The molecule has 1 saturated heterocycles. The van der Waals surface area contributed by atoms with E-state index in [4.69, 9.17) is 5.11 Å². The van der Waals surface area contributed by atoms with E-state index in [-0.39, 0.29) is 16.5 Å². The molecule has 0 spiro atoms. The zero-order chi connectivity index (χ0) is 14.9. The maximum Gasteiger partial charge on any atom is 0.337 e. The number of carboxylic acids is 1. The molecule has 0 aliphatic carbocycles. The van der Waals surface area contributed by atoms with Crippen LogP contribution in [-0.2, 0) is 10.0 Å². The zero-order valence-corrected chi connectivity index (χ0v) is 12.2. The first-order chi connectivity index (χ1) is 9.31. The van der Waals surface area contributed by atoms with E-state index in [1.165, 1.54) is 24.3 Å². The summed E-state index contributed by atoms with van der Waals surface area (Å²) in [7, 11) is -1.89. The standard InChI is InChI=1S/C13H18N2O4S/c1-9-7-10(8-15(9)2)14-20(18,19)12-6-4-3-5-11(12)13(16)17/h3-6,9-10,14H,7-8H2,1-2H3,(H,16,17)/t9-,10-/m1/s1. The maximum absolute atomic E-state index is 12.3. The molecule has 6 nitrogen and oxygen atoms in total. The van der Waals surface area contributed by atoms with E-state index < -0.39 is 16.0 Å². The van der Waals surface area contributed by atoms with Gasteiger partial charge in [0.25, 0.3) is 0 Å². The van der Waals surface area contributed by atoms with Gasteiger partial charge in [-0.1, -0.05) is 12.1 Å². The highest BCUT2D eigenvalue weighted by Crippen LogP contribution is 2.20. The van der Waals surface area contributed by atoms with E-state index >= 15 is 0 Å². The summed E-state index contributed by atoms with van der Waals surface area (Å²) in [4.78, 5) is 13.0. The number of nitrogens with zero attached hydrogens (tertiary/aromatic N) is 1. The van der Waals surface area contributed by atoms with Gasteiger partial charge in [-0.15, -0.1) is 0 Å². The topological polar surface area (TPSA) is 86.7 Å². The van der Waals surface area contributed by atoms with Gasteiger partial charge in [-0.25, -0.2) is 17.9 Å². The van der Waals surface area contributed by atoms with Gasteiger partial charge in [0.15, 0.2) is 0 Å². The van der Waals surface area contributed by atoms with E-state index in [2.05, 4.69) is 9.62 Å². The van der Waals surface area contributed by atoms with Crippen molar-refractivity contribution in [3.05, 3.63) is 29.8 Å². The van der Waals surface area contributed by atoms with Crippen molar-refractivity contribution in [1.82, 2.24) is 9.62 Å². The molecule has 7 heteroatoms. The Morgan fingerprint density at radius 2 is 2.05 bits per heavy atom. The number of aromatic carboxylic acids is 1. The number of sulfonamides is 1. The molecule has 1 aromatic rings. The SMILES string of the molecule is C[C@@H]1C[C@@H](NS(=O)(=O)c2ccccc2C(=O)O)CN1C. The van der Waals surface area contributed by atoms with Gasteiger partial charge in [-0.3, -0.25) is 0 Å². The molecule has 1 fully saturated rings. The lowest BCUT2D eigenvalue weighted by Gasteiger charge is -2.14. The first-order valence-electron chi connectivity index (χ1n) is 6.36. The van der Waals surface area contributed by atoms with Crippen molar-refractivity contribution < 1.29 is 18.3 Å². The fraction of sp³-hybridized carbons (Fsp3) is 0.462. The van der Waals surface area contributed by atoms with Crippen molar-refractivity contribution in [2.75, 3.05) is 13.6 Å². The van der Waals surface area contributed by atoms with Gasteiger partial charge in [0.2, 0.25) is 10.0 Å². The van der Waals surface area contributed by atoms with Crippen LogP contribution >= 0.6 is 0 Å². The summed E-state index contributed by atoms with van der Waals surface area (Å²) < 4.78 is 27.3. The second-order valence-electron chi connectivity index (χ2n) is 5.14. The first kappa shape index (κ1) is 15.0. The molecule has 1 aliphatic rings. The number of likely N-dealkylation sites (N-methyl/N-ethyl adjacent to an activating group) is 1. The number of rotatable bonds is 4. The molecule has 2 rings (SSSR count). The Morgan fingerprint density at radius 3 is 2.60 bits per heavy atom. The minimum atomic E-state index is -3.82. The van der Waals surface area contributed by atoms with Crippen molar-refractivity contribution in [1.29, 1.82) is 0 Å². The zero-order valence-electron chi connectivity index (χ0n) is 11.4. The van der Waals surface area contributed by atoms with E-state index in [0.29, 0.717) is 19.0 Å². The molecule has 0 amide bonds. The van der Waals surface area contributed by atoms with Gasteiger partial charge in [-0.05, 0) is 32.5 Å². The Bertz CT molecular complexity index is 605. The van der Waals surface area contributed by atoms with Crippen molar-refractivity contribution in [3.8, 4) is 0 Å². The monoisotopic (exact) mass is 298 g/mol. The van der Waals surface area contributed by atoms with Gasteiger partial charge >= 0.3 is 5.97 Å². The number of carboxylic acid groups (broad SMARTS) is 1.